The summed E-state index contributed by atoms with van der Waals surface area (Å²) in [6.07, 6.45) is 2.70. The van der Waals surface area contributed by atoms with E-state index in [1.165, 1.54) is 0 Å². The van der Waals surface area contributed by atoms with Crippen molar-refractivity contribution in [2.45, 2.75) is 32.8 Å². The molecule has 31 heavy (non-hydrogen) atoms. The maximum absolute atomic E-state index is 11.7. The van der Waals surface area contributed by atoms with E-state index in [1.54, 1.807) is 24.3 Å². The number of aromatic carboxylic acids is 1. The first-order valence-electron chi connectivity index (χ1n) is 9.88. The third-order valence-electron chi connectivity index (χ3n) is 5.21. The molecule has 0 saturated heterocycles. The van der Waals surface area contributed by atoms with Crippen LogP contribution in [0, 0.1) is 0 Å². The Hall–Kier alpha value is -2.61. The number of aryl methyl sites for hydroxylation is 1. The summed E-state index contributed by atoms with van der Waals surface area (Å²) < 4.78 is 8.31. The summed E-state index contributed by atoms with van der Waals surface area (Å²) in [5.74, 6) is 0.240. The Labute approximate surface area is 192 Å². The van der Waals surface area contributed by atoms with Crippen molar-refractivity contribution in [2.75, 3.05) is 0 Å². The Balaban J connectivity index is 1.89. The molecule has 0 spiro atoms. The van der Waals surface area contributed by atoms with Crippen LogP contribution < -0.4 is 0 Å². The fourth-order valence-electron chi connectivity index (χ4n) is 3.72. The number of halogens is 2. The van der Waals surface area contributed by atoms with Gasteiger partial charge in [-0.05, 0) is 46.6 Å². The van der Waals surface area contributed by atoms with E-state index in [0.29, 0.717) is 21.7 Å². The van der Waals surface area contributed by atoms with Crippen LogP contribution in [0.4, 0.5) is 0 Å². The monoisotopic (exact) mass is 502 g/mol. The van der Waals surface area contributed by atoms with Crippen LogP contribution in [0.5, 0.6) is 0 Å². The first-order chi connectivity index (χ1) is 15.0. The summed E-state index contributed by atoms with van der Waals surface area (Å²) in [7, 11) is 0. The van der Waals surface area contributed by atoms with Gasteiger partial charge in [0, 0.05) is 28.4 Å². The highest BCUT2D eigenvalue weighted by Gasteiger charge is 2.21. The lowest BCUT2D eigenvalue weighted by molar-refractivity contribution is 0.0697. The molecule has 2 aromatic heterocycles. The molecule has 0 atom stereocenters. The number of unbranched alkanes of at least 4 members (excludes halogenated alkanes) is 1. The number of carbonyl (C=O) groups is 1. The van der Waals surface area contributed by atoms with Crippen LogP contribution in [0.15, 0.2) is 51.6 Å². The van der Waals surface area contributed by atoms with Crippen molar-refractivity contribution < 1.29 is 19.4 Å². The smallest absolute Gasteiger partial charge is 0.336 e. The van der Waals surface area contributed by atoms with Crippen LogP contribution in [-0.4, -0.2) is 25.7 Å². The zero-order valence-corrected chi connectivity index (χ0v) is 19.1. The molecule has 0 saturated carbocycles. The number of carboxylic acids is 1. The molecular formula is C23H20BrClN2O4. The van der Waals surface area contributed by atoms with E-state index >= 15 is 0 Å². The van der Waals surface area contributed by atoms with Crippen molar-refractivity contribution in [3.63, 3.8) is 0 Å². The lowest BCUT2D eigenvalue weighted by Gasteiger charge is -2.11. The molecule has 4 aromatic rings. The van der Waals surface area contributed by atoms with Gasteiger partial charge in [0.1, 0.15) is 11.6 Å². The van der Waals surface area contributed by atoms with E-state index in [4.69, 9.17) is 16.0 Å². The zero-order chi connectivity index (χ0) is 22.1. The molecule has 4 rings (SSSR count). The second-order valence-corrected chi connectivity index (χ2v) is 8.23. The molecule has 0 unspecified atom stereocenters. The van der Waals surface area contributed by atoms with Gasteiger partial charge in [-0.3, -0.25) is 4.57 Å². The standard InChI is InChI=1S/C23H20BrClN2O4/c1-2-3-8-19-26-22(25)18(12-28)27(19)13-9-10-15-17(11-13)21(24)31-20(15)14-6-4-5-7-16(14)23(29)30/h4-7,9-11,28H,2-3,8,12H2,1H3,(H,29,30). The number of furan rings is 1. The predicted octanol–water partition coefficient (Wildman–Crippen LogP) is 6.23. The first kappa shape index (κ1) is 21.6. The van der Waals surface area contributed by atoms with Crippen LogP contribution >= 0.6 is 27.5 Å². The molecule has 0 amide bonds. The van der Waals surface area contributed by atoms with Crippen molar-refractivity contribution in [3.8, 4) is 17.0 Å². The minimum absolute atomic E-state index is 0.167. The fraction of sp³-hybridized carbons (Fsp3) is 0.217. The quantitative estimate of drug-likeness (QED) is 0.312. The number of hydrogen-bond donors (Lipinski definition) is 2. The number of aliphatic hydroxyl groups is 1. The predicted molar refractivity (Wildman–Crippen MR) is 123 cm³/mol. The van der Waals surface area contributed by atoms with Gasteiger partial charge in [-0.15, -0.1) is 0 Å². The highest BCUT2D eigenvalue weighted by atomic mass is 79.9. The van der Waals surface area contributed by atoms with Gasteiger partial charge >= 0.3 is 5.97 Å². The molecule has 2 N–H and O–H groups in total. The number of aliphatic hydroxyl groups excluding tert-OH is 1. The molecule has 0 aliphatic heterocycles. The average Bonchev–Trinajstić information content (AvgIpc) is 3.27. The van der Waals surface area contributed by atoms with Gasteiger partial charge in [0.2, 0.25) is 0 Å². The number of hydrogen-bond acceptors (Lipinski definition) is 4. The van der Waals surface area contributed by atoms with Crippen LogP contribution in [0.25, 0.3) is 27.8 Å². The molecule has 0 fully saturated rings. The Morgan fingerprint density at radius 1 is 1.23 bits per heavy atom. The first-order valence-corrected chi connectivity index (χ1v) is 11.0. The summed E-state index contributed by atoms with van der Waals surface area (Å²) in [5.41, 5.74) is 1.99. The Bertz CT molecular complexity index is 1280. The molecule has 8 heteroatoms. The summed E-state index contributed by atoms with van der Waals surface area (Å²) >= 11 is 9.75. The molecule has 0 bridgehead atoms. The van der Waals surface area contributed by atoms with Crippen LogP contribution in [0.3, 0.4) is 0 Å². The minimum atomic E-state index is -1.02. The molecule has 0 radical (unpaired) electrons. The van der Waals surface area contributed by atoms with E-state index < -0.39 is 5.97 Å². The number of aromatic nitrogens is 2. The maximum atomic E-state index is 11.7. The Kier molecular flexibility index (Phi) is 6.18. The van der Waals surface area contributed by atoms with Gasteiger partial charge in [-0.1, -0.05) is 43.1 Å². The second kappa shape index (κ2) is 8.86. The number of fused-ring (bicyclic) bond motifs is 1. The molecule has 2 heterocycles. The number of imidazole rings is 1. The lowest BCUT2D eigenvalue weighted by atomic mass is 10.0. The van der Waals surface area contributed by atoms with Gasteiger partial charge in [-0.25, -0.2) is 9.78 Å². The maximum Gasteiger partial charge on any atom is 0.336 e. The van der Waals surface area contributed by atoms with E-state index in [9.17, 15) is 15.0 Å². The van der Waals surface area contributed by atoms with Gasteiger partial charge in [-0.2, -0.15) is 0 Å². The van der Waals surface area contributed by atoms with Gasteiger partial charge < -0.3 is 14.6 Å². The normalized spacial score (nSPS) is 11.4. The third-order valence-corrected chi connectivity index (χ3v) is 6.10. The molecule has 0 aliphatic rings. The molecule has 6 nitrogen and oxygen atoms in total. The summed E-state index contributed by atoms with van der Waals surface area (Å²) in [6.45, 7) is 1.87. The van der Waals surface area contributed by atoms with Crippen molar-refractivity contribution in [1.82, 2.24) is 9.55 Å². The van der Waals surface area contributed by atoms with Crippen molar-refractivity contribution in [3.05, 3.63) is 69.4 Å². The number of nitrogens with zero attached hydrogens (tertiary/aromatic N) is 2. The Morgan fingerprint density at radius 3 is 2.71 bits per heavy atom. The van der Waals surface area contributed by atoms with E-state index in [1.807, 2.05) is 22.8 Å². The second-order valence-electron chi connectivity index (χ2n) is 7.15. The van der Waals surface area contributed by atoms with Gasteiger partial charge in [0.25, 0.3) is 0 Å². The topological polar surface area (TPSA) is 88.5 Å². The highest BCUT2D eigenvalue weighted by molar-refractivity contribution is 9.10. The fourth-order valence-corrected chi connectivity index (χ4v) is 4.45. The summed E-state index contributed by atoms with van der Waals surface area (Å²) in [4.78, 5) is 16.1. The number of carboxylic acid groups (broad SMARTS) is 1. The summed E-state index contributed by atoms with van der Waals surface area (Å²) in [5, 5.41) is 21.3. The molecule has 2 aromatic carbocycles. The SMILES string of the molecule is CCCCc1nc(Cl)c(CO)n1-c1ccc2c(-c3ccccc3C(=O)O)oc(Br)c2c1. The zero-order valence-electron chi connectivity index (χ0n) is 16.7. The minimum Gasteiger partial charge on any atom is -0.478 e. The Morgan fingerprint density at radius 2 is 2.00 bits per heavy atom. The third kappa shape index (κ3) is 3.89. The van der Waals surface area contributed by atoms with Crippen LogP contribution in [0.2, 0.25) is 5.15 Å². The average molecular weight is 504 g/mol. The largest absolute Gasteiger partial charge is 0.478 e. The van der Waals surface area contributed by atoms with Crippen LogP contribution in [0.1, 0.15) is 41.6 Å². The lowest BCUT2D eigenvalue weighted by Crippen LogP contribution is -2.05. The van der Waals surface area contributed by atoms with E-state index in [0.717, 1.165) is 41.5 Å². The molecular weight excluding hydrogens is 484 g/mol. The van der Waals surface area contributed by atoms with Gasteiger partial charge in [0.05, 0.1) is 17.9 Å². The highest BCUT2D eigenvalue weighted by Crippen LogP contribution is 2.39. The van der Waals surface area contributed by atoms with Gasteiger partial charge in [0.15, 0.2) is 9.82 Å². The number of benzene rings is 2. The molecule has 160 valence electrons. The van der Waals surface area contributed by atoms with Crippen molar-refractivity contribution in [1.29, 1.82) is 0 Å². The number of rotatable bonds is 7. The molecule has 0 aliphatic carbocycles. The summed E-state index contributed by atoms with van der Waals surface area (Å²) in [6, 6.07) is 12.4. The van der Waals surface area contributed by atoms with Crippen LogP contribution in [-0.2, 0) is 13.0 Å². The van der Waals surface area contributed by atoms with E-state index in [2.05, 4.69) is 27.8 Å². The van der Waals surface area contributed by atoms with Crippen molar-refractivity contribution in [2.24, 2.45) is 0 Å². The van der Waals surface area contributed by atoms with Crippen molar-refractivity contribution >= 4 is 44.3 Å². The van der Waals surface area contributed by atoms with E-state index in [-0.39, 0.29) is 17.3 Å².